The van der Waals surface area contributed by atoms with E-state index in [2.05, 4.69) is 47.0 Å². The summed E-state index contributed by atoms with van der Waals surface area (Å²) < 4.78 is 0. The summed E-state index contributed by atoms with van der Waals surface area (Å²) in [6.07, 6.45) is 4.15. The largest absolute Gasteiger partial charge is 0.308 e. The standard InChI is InChI=1S/C19H23N3OS/c1-13-3-4-16-14(11-13)15-12-21(2)9-7-17(15)22(16)19(23)6-5-18-20-8-10-24-18/h3-4,8,10-11,15,17H,5-7,9,12H2,1-2H3/t15-,17+/m1/s1. The second-order valence-corrected chi connectivity index (χ2v) is 7.96. The van der Waals surface area contributed by atoms with Gasteiger partial charge in [0.05, 0.1) is 5.01 Å². The van der Waals surface area contributed by atoms with E-state index in [1.165, 1.54) is 11.1 Å². The Labute approximate surface area is 147 Å². The van der Waals surface area contributed by atoms with Gasteiger partial charge in [-0.2, -0.15) is 0 Å². The van der Waals surface area contributed by atoms with Crippen molar-refractivity contribution in [2.24, 2.45) is 0 Å². The quantitative estimate of drug-likeness (QED) is 0.860. The molecule has 1 saturated heterocycles. The number of nitrogens with zero attached hydrogens (tertiary/aromatic N) is 3. The van der Waals surface area contributed by atoms with Crippen molar-refractivity contribution in [2.75, 3.05) is 25.0 Å². The van der Waals surface area contributed by atoms with Crippen LogP contribution in [0, 0.1) is 6.92 Å². The summed E-state index contributed by atoms with van der Waals surface area (Å²) in [5, 5.41) is 3.02. The van der Waals surface area contributed by atoms with E-state index in [9.17, 15) is 4.79 Å². The molecule has 3 heterocycles. The molecule has 4 rings (SSSR count). The maximum absolute atomic E-state index is 13.0. The third-order valence-corrected chi connectivity index (χ3v) is 6.10. The maximum Gasteiger partial charge on any atom is 0.227 e. The highest BCUT2D eigenvalue weighted by atomic mass is 32.1. The number of aromatic nitrogens is 1. The smallest absolute Gasteiger partial charge is 0.227 e. The normalized spacial score (nSPS) is 23.2. The van der Waals surface area contributed by atoms with Crippen LogP contribution in [0.3, 0.4) is 0 Å². The van der Waals surface area contributed by atoms with Crippen molar-refractivity contribution < 1.29 is 4.79 Å². The van der Waals surface area contributed by atoms with E-state index in [1.807, 2.05) is 11.6 Å². The van der Waals surface area contributed by atoms with Crippen LogP contribution < -0.4 is 4.90 Å². The molecule has 1 amide bonds. The maximum atomic E-state index is 13.0. The zero-order chi connectivity index (χ0) is 16.7. The number of carbonyl (C=O) groups is 1. The molecule has 1 fully saturated rings. The fourth-order valence-electron chi connectivity index (χ4n) is 4.12. The van der Waals surface area contributed by atoms with Crippen LogP contribution >= 0.6 is 11.3 Å². The lowest BCUT2D eigenvalue weighted by atomic mass is 9.89. The first-order valence-electron chi connectivity index (χ1n) is 8.63. The Kier molecular flexibility index (Phi) is 4.14. The van der Waals surface area contributed by atoms with Crippen LogP contribution in [0.1, 0.15) is 34.9 Å². The number of thiazole rings is 1. The second-order valence-electron chi connectivity index (χ2n) is 6.98. The SMILES string of the molecule is Cc1ccc2c(c1)[C@H]1CN(C)CC[C@@H]1N2C(=O)CCc1nccs1. The number of aryl methyl sites for hydroxylation is 2. The number of likely N-dealkylation sites (N-methyl/N-ethyl adjacent to an activating group) is 1. The van der Waals surface area contributed by atoms with Gasteiger partial charge in [-0.05, 0) is 38.6 Å². The van der Waals surface area contributed by atoms with Crippen LogP contribution in [0.5, 0.6) is 0 Å². The Morgan fingerprint density at radius 3 is 3.08 bits per heavy atom. The highest BCUT2D eigenvalue weighted by Crippen LogP contribution is 2.45. The number of hydrogen-bond acceptors (Lipinski definition) is 4. The van der Waals surface area contributed by atoms with Crippen molar-refractivity contribution in [1.29, 1.82) is 0 Å². The van der Waals surface area contributed by atoms with E-state index in [0.717, 1.165) is 36.6 Å². The number of amides is 1. The highest BCUT2D eigenvalue weighted by molar-refractivity contribution is 7.09. The lowest BCUT2D eigenvalue weighted by molar-refractivity contribution is -0.119. The van der Waals surface area contributed by atoms with E-state index < -0.39 is 0 Å². The number of carbonyl (C=O) groups excluding carboxylic acids is 1. The fraction of sp³-hybridized carbons (Fsp3) is 0.474. The molecule has 2 aromatic rings. The van der Waals surface area contributed by atoms with E-state index in [0.29, 0.717) is 18.4 Å². The summed E-state index contributed by atoms with van der Waals surface area (Å²) in [4.78, 5) is 21.8. The van der Waals surface area contributed by atoms with Crippen molar-refractivity contribution in [2.45, 2.75) is 38.1 Å². The van der Waals surface area contributed by atoms with Gasteiger partial charge in [-0.3, -0.25) is 4.79 Å². The van der Waals surface area contributed by atoms with Crippen molar-refractivity contribution in [1.82, 2.24) is 9.88 Å². The van der Waals surface area contributed by atoms with E-state index >= 15 is 0 Å². The first-order chi connectivity index (χ1) is 11.6. The predicted molar refractivity (Wildman–Crippen MR) is 97.7 cm³/mol. The van der Waals surface area contributed by atoms with E-state index in [1.54, 1.807) is 11.3 Å². The molecule has 126 valence electrons. The summed E-state index contributed by atoms with van der Waals surface area (Å²) in [7, 11) is 2.18. The number of likely N-dealkylation sites (tertiary alicyclic amines) is 1. The molecule has 1 aromatic heterocycles. The zero-order valence-corrected chi connectivity index (χ0v) is 15.1. The Balaban J connectivity index is 1.61. The van der Waals surface area contributed by atoms with Crippen molar-refractivity contribution in [3.05, 3.63) is 45.9 Å². The minimum absolute atomic E-state index is 0.243. The minimum atomic E-state index is 0.243. The molecule has 2 aliphatic heterocycles. The molecule has 0 radical (unpaired) electrons. The molecule has 24 heavy (non-hydrogen) atoms. The zero-order valence-electron chi connectivity index (χ0n) is 14.2. The Hall–Kier alpha value is -1.72. The first-order valence-corrected chi connectivity index (χ1v) is 9.51. The first kappa shape index (κ1) is 15.8. The van der Waals surface area contributed by atoms with Crippen LogP contribution in [0.2, 0.25) is 0 Å². The average Bonchev–Trinajstić information content (AvgIpc) is 3.18. The van der Waals surface area contributed by atoms with Crippen molar-refractivity contribution in [3.8, 4) is 0 Å². The highest BCUT2D eigenvalue weighted by Gasteiger charge is 2.43. The van der Waals surface area contributed by atoms with Gasteiger partial charge in [-0.1, -0.05) is 17.7 Å². The van der Waals surface area contributed by atoms with Gasteiger partial charge in [0.1, 0.15) is 0 Å². The Morgan fingerprint density at radius 1 is 1.42 bits per heavy atom. The molecular formula is C19H23N3OS. The summed E-state index contributed by atoms with van der Waals surface area (Å²) in [5.41, 5.74) is 3.77. The number of benzene rings is 1. The van der Waals surface area contributed by atoms with Gasteiger partial charge in [0, 0.05) is 48.6 Å². The third kappa shape index (κ3) is 2.76. The Morgan fingerprint density at radius 2 is 2.29 bits per heavy atom. The third-order valence-electron chi connectivity index (χ3n) is 5.26. The minimum Gasteiger partial charge on any atom is -0.308 e. The van der Waals surface area contributed by atoms with Gasteiger partial charge < -0.3 is 9.80 Å². The van der Waals surface area contributed by atoms with Crippen LogP contribution in [0.15, 0.2) is 29.8 Å². The number of fused-ring (bicyclic) bond motifs is 3. The molecule has 0 unspecified atom stereocenters. The molecule has 0 saturated carbocycles. The number of hydrogen-bond donors (Lipinski definition) is 0. The lowest BCUT2D eigenvalue weighted by Crippen LogP contribution is -2.47. The van der Waals surface area contributed by atoms with Crippen LogP contribution in [0.4, 0.5) is 5.69 Å². The number of piperidine rings is 1. The molecule has 0 N–H and O–H groups in total. The molecule has 0 spiro atoms. The summed E-state index contributed by atoms with van der Waals surface area (Å²) in [5.74, 6) is 0.690. The average molecular weight is 341 g/mol. The molecule has 0 aliphatic carbocycles. The molecule has 2 atom stereocenters. The molecule has 2 aliphatic rings. The topological polar surface area (TPSA) is 36.4 Å². The summed E-state index contributed by atoms with van der Waals surface area (Å²) >= 11 is 1.63. The summed E-state index contributed by atoms with van der Waals surface area (Å²) in [6.45, 7) is 4.23. The van der Waals surface area contributed by atoms with Gasteiger partial charge in [0.25, 0.3) is 0 Å². The van der Waals surface area contributed by atoms with Crippen molar-refractivity contribution >= 4 is 22.9 Å². The molecule has 0 bridgehead atoms. The molecule has 1 aromatic carbocycles. The fourth-order valence-corrected chi connectivity index (χ4v) is 4.74. The lowest BCUT2D eigenvalue weighted by Gasteiger charge is -2.36. The van der Waals surface area contributed by atoms with E-state index in [4.69, 9.17) is 0 Å². The molecule has 5 heteroatoms. The van der Waals surface area contributed by atoms with Crippen molar-refractivity contribution in [3.63, 3.8) is 0 Å². The van der Waals surface area contributed by atoms with Crippen LogP contribution in [-0.4, -0.2) is 42.0 Å². The van der Waals surface area contributed by atoms with Crippen LogP contribution in [0.25, 0.3) is 0 Å². The monoisotopic (exact) mass is 341 g/mol. The van der Waals surface area contributed by atoms with Gasteiger partial charge in [-0.25, -0.2) is 4.98 Å². The predicted octanol–water partition coefficient (Wildman–Crippen LogP) is 3.22. The molecular weight excluding hydrogens is 318 g/mol. The van der Waals surface area contributed by atoms with Gasteiger partial charge in [0.2, 0.25) is 5.91 Å². The number of rotatable bonds is 3. The van der Waals surface area contributed by atoms with Crippen LogP contribution in [-0.2, 0) is 11.2 Å². The van der Waals surface area contributed by atoms with Gasteiger partial charge in [-0.15, -0.1) is 11.3 Å². The van der Waals surface area contributed by atoms with Gasteiger partial charge >= 0.3 is 0 Å². The second kappa shape index (κ2) is 6.30. The Bertz CT molecular complexity index is 743. The summed E-state index contributed by atoms with van der Waals surface area (Å²) in [6, 6.07) is 6.87. The number of anilines is 1. The van der Waals surface area contributed by atoms with Gasteiger partial charge in [0.15, 0.2) is 0 Å². The molecule has 4 nitrogen and oxygen atoms in total. The van der Waals surface area contributed by atoms with E-state index in [-0.39, 0.29) is 5.91 Å².